The van der Waals surface area contributed by atoms with Gasteiger partial charge in [0.25, 0.3) is 10.0 Å². The highest BCUT2D eigenvalue weighted by Gasteiger charge is 2.34. The van der Waals surface area contributed by atoms with E-state index >= 15 is 0 Å². The Morgan fingerprint density at radius 3 is 2.07 bits per heavy atom. The van der Waals surface area contributed by atoms with E-state index in [2.05, 4.69) is 12.2 Å². The summed E-state index contributed by atoms with van der Waals surface area (Å²) in [7, 11) is -4.13. The normalized spacial score (nSPS) is 11.9. The van der Waals surface area contributed by atoms with Crippen LogP contribution in [-0.4, -0.2) is 44.3 Å². The van der Waals surface area contributed by atoms with Crippen LogP contribution in [0, 0.1) is 20.8 Å². The Balaban J connectivity index is 1.81. The monoisotopic (exact) mass is 625 g/mol. The fraction of sp³-hybridized carbons (Fsp3) is 0.297. The molecule has 4 rings (SSSR count). The maximum Gasteiger partial charge on any atom is 0.264 e. The number of sulfonamides is 1. The molecule has 0 aliphatic carbocycles. The highest BCUT2D eigenvalue weighted by molar-refractivity contribution is 7.92. The SMILES string of the molecule is CCCCNC(=O)C(Cc1ccccc1)N(Cc1ccccc1C)C(=O)CN(c1ccc(C)c(C)c1)S(=O)(=O)c1ccccc1. The van der Waals surface area contributed by atoms with Gasteiger partial charge < -0.3 is 10.2 Å². The highest BCUT2D eigenvalue weighted by Crippen LogP contribution is 2.27. The molecule has 7 nitrogen and oxygen atoms in total. The standard InChI is InChI=1S/C37H43N3O4S/c1-5-6-23-38-37(42)35(25-31-16-9-7-10-17-31)39(26-32-18-14-13-15-29(32)3)36(41)27-40(33-22-21-28(2)30(4)24-33)45(43,44)34-19-11-8-12-20-34/h7-22,24,35H,5-6,23,25-27H2,1-4H3,(H,38,42). The Kier molecular flexibility index (Phi) is 11.5. The van der Waals surface area contributed by atoms with E-state index < -0.39 is 28.5 Å². The van der Waals surface area contributed by atoms with Crippen LogP contribution in [0.15, 0.2) is 108 Å². The lowest BCUT2D eigenvalue weighted by Crippen LogP contribution is -2.53. The molecule has 0 aliphatic heterocycles. The molecule has 1 atom stereocenters. The van der Waals surface area contributed by atoms with Gasteiger partial charge in [0.05, 0.1) is 10.6 Å². The van der Waals surface area contributed by atoms with Crippen LogP contribution in [0.5, 0.6) is 0 Å². The van der Waals surface area contributed by atoms with E-state index in [-0.39, 0.29) is 23.8 Å². The van der Waals surface area contributed by atoms with Gasteiger partial charge in [0, 0.05) is 19.5 Å². The number of anilines is 1. The van der Waals surface area contributed by atoms with Crippen molar-refractivity contribution in [1.82, 2.24) is 10.2 Å². The number of amides is 2. The molecule has 0 aromatic heterocycles. The first-order valence-corrected chi connectivity index (χ1v) is 16.9. The lowest BCUT2D eigenvalue weighted by Gasteiger charge is -2.34. The van der Waals surface area contributed by atoms with Gasteiger partial charge in [-0.25, -0.2) is 8.42 Å². The third-order valence-electron chi connectivity index (χ3n) is 8.09. The lowest BCUT2D eigenvalue weighted by atomic mass is 10.0. The molecule has 0 fully saturated rings. The molecule has 4 aromatic rings. The quantitative estimate of drug-likeness (QED) is 0.165. The average Bonchev–Trinajstić information content (AvgIpc) is 3.04. The zero-order chi connectivity index (χ0) is 32.4. The van der Waals surface area contributed by atoms with Gasteiger partial charge in [-0.2, -0.15) is 0 Å². The van der Waals surface area contributed by atoms with Gasteiger partial charge in [-0.1, -0.05) is 92.2 Å². The predicted molar refractivity (Wildman–Crippen MR) is 180 cm³/mol. The molecule has 236 valence electrons. The van der Waals surface area contributed by atoms with Crippen LogP contribution in [0.3, 0.4) is 0 Å². The molecule has 0 aliphatic rings. The highest BCUT2D eigenvalue weighted by atomic mass is 32.2. The summed E-state index contributed by atoms with van der Waals surface area (Å²) in [5.41, 5.74) is 5.06. The number of unbranched alkanes of at least 4 members (excludes halogenated alkanes) is 1. The second kappa shape index (κ2) is 15.5. The molecule has 0 saturated heterocycles. The number of aryl methyl sites for hydroxylation is 3. The summed E-state index contributed by atoms with van der Waals surface area (Å²) in [6.07, 6.45) is 2.01. The number of hydrogen-bond acceptors (Lipinski definition) is 4. The number of nitrogens with one attached hydrogen (secondary N) is 1. The van der Waals surface area contributed by atoms with E-state index in [1.54, 1.807) is 35.2 Å². The minimum absolute atomic E-state index is 0.0830. The fourth-order valence-electron chi connectivity index (χ4n) is 5.16. The Hall–Kier alpha value is -4.43. The van der Waals surface area contributed by atoms with Crippen molar-refractivity contribution in [2.45, 2.75) is 64.4 Å². The largest absolute Gasteiger partial charge is 0.354 e. The Morgan fingerprint density at radius 2 is 1.42 bits per heavy atom. The van der Waals surface area contributed by atoms with Crippen molar-refractivity contribution >= 4 is 27.5 Å². The zero-order valence-electron chi connectivity index (χ0n) is 26.6. The van der Waals surface area contributed by atoms with Crippen LogP contribution in [-0.2, 0) is 32.6 Å². The van der Waals surface area contributed by atoms with Crippen molar-refractivity contribution < 1.29 is 18.0 Å². The minimum Gasteiger partial charge on any atom is -0.354 e. The molecule has 0 radical (unpaired) electrons. The number of benzene rings is 4. The van der Waals surface area contributed by atoms with Crippen molar-refractivity contribution in [1.29, 1.82) is 0 Å². The average molecular weight is 626 g/mol. The number of nitrogens with zero attached hydrogens (tertiary/aromatic N) is 2. The smallest absolute Gasteiger partial charge is 0.264 e. The summed E-state index contributed by atoms with van der Waals surface area (Å²) in [6, 6.07) is 29.9. The fourth-order valence-corrected chi connectivity index (χ4v) is 6.59. The van der Waals surface area contributed by atoms with E-state index in [1.165, 1.54) is 12.1 Å². The summed E-state index contributed by atoms with van der Waals surface area (Å²) in [5.74, 6) is -0.736. The van der Waals surface area contributed by atoms with Crippen LogP contribution in [0.25, 0.3) is 0 Å². The molecule has 8 heteroatoms. The maximum absolute atomic E-state index is 14.6. The molecule has 0 heterocycles. The van der Waals surface area contributed by atoms with Crippen molar-refractivity contribution in [3.05, 3.63) is 131 Å². The summed E-state index contributed by atoms with van der Waals surface area (Å²) in [4.78, 5) is 30.1. The predicted octanol–water partition coefficient (Wildman–Crippen LogP) is 6.36. The van der Waals surface area contributed by atoms with Crippen molar-refractivity contribution in [3.63, 3.8) is 0 Å². The second-order valence-electron chi connectivity index (χ2n) is 11.4. The minimum atomic E-state index is -4.13. The first-order chi connectivity index (χ1) is 21.6. The van der Waals surface area contributed by atoms with E-state index in [4.69, 9.17) is 0 Å². The molecule has 0 saturated carbocycles. The molecular weight excluding hydrogens is 582 g/mol. The Labute approximate surface area is 268 Å². The number of carbonyl (C=O) groups excluding carboxylic acids is 2. The molecule has 2 amide bonds. The van der Waals surface area contributed by atoms with Crippen molar-refractivity contribution in [2.75, 3.05) is 17.4 Å². The van der Waals surface area contributed by atoms with Gasteiger partial charge in [0.2, 0.25) is 11.8 Å². The topological polar surface area (TPSA) is 86.8 Å². The number of hydrogen-bond donors (Lipinski definition) is 1. The molecule has 1 unspecified atom stereocenters. The van der Waals surface area contributed by atoms with Crippen LogP contribution in [0.2, 0.25) is 0 Å². The molecule has 45 heavy (non-hydrogen) atoms. The third kappa shape index (κ3) is 8.60. The Morgan fingerprint density at radius 1 is 0.778 bits per heavy atom. The van der Waals surface area contributed by atoms with Gasteiger partial charge in [0.1, 0.15) is 12.6 Å². The summed E-state index contributed by atoms with van der Waals surface area (Å²) in [5, 5.41) is 3.03. The van der Waals surface area contributed by atoms with Crippen molar-refractivity contribution in [3.8, 4) is 0 Å². The molecular formula is C37H43N3O4S. The summed E-state index contributed by atoms with van der Waals surface area (Å²) < 4.78 is 29.5. The van der Waals surface area contributed by atoms with Gasteiger partial charge in [0.15, 0.2) is 0 Å². The van der Waals surface area contributed by atoms with Gasteiger partial charge >= 0.3 is 0 Å². The van der Waals surface area contributed by atoms with Crippen molar-refractivity contribution in [2.24, 2.45) is 0 Å². The van der Waals surface area contributed by atoms with Crippen LogP contribution < -0.4 is 9.62 Å². The summed E-state index contributed by atoms with van der Waals surface area (Å²) >= 11 is 0. The van der Waals surface area contributed by atoms with E-state index in [9.17, 15) is 18.0 Å². The number of rotatable bonds is 14. The molecule has 0 bridgehead atoms. The van der Waals surface area contributed by atoms with E-state index in [0.29, 0.717) is 12.2 Å². The molecule has 0 spiro atoms. The molecule has 4 aromatic carbocycles. The van der Waals surface area contributed by atoms with Crippen LogP contribution >= 0.6 is 0 Å². The van der Waals surface area contributed by atoms with Gasteiger partial charge in [-0.05, 0) is 79.3 Å². The van der Waals surface area contributed by atoms with Gasteiger partial charge in [-0.15, -0.1) is 0 Å². The maximum atomic E-state index is 14.6. The number of carbonyl (C=O) groups is 2. The van der Waals surface area contributed by atoms with E-state index in [1.807, 2.05) is 81.4 Å². The van der Waals surface area contributed by atoms with Crippen LogP contribution in [0.1, 0.15) is 47.6 Å². The third-order valence-corrected chi connectivity index (χ3v) is 9.88. The molecule has 1 N–H and O–H groups in total. The van der Waals surface area contributed by atoms with Gasteiger partial charge in [-0.3, -0.25) is 13.9 Å². The second-order valence-corrected chi connectivity index (χ2v) is 13.3. The van der Waals surface area contributed by atoms with E-state index in [0.717, 1.165) is 45.0 Å². The summed E-state index contributed by atoms with van der Waals surface area (Å²) in [6.45, 7) is 8.05. The lowest BCUT2D eigenvalue weighted by molar-refractivity contribution is -0.140. The Bertz CT molecular complexity index is 1690. The first-order valence-electron chi connectivity index (χ1n) is 15.4. The van der Waals surface area contributed by atoms with Crippen LogP contribution in [0.4, 0.5) is 5.69 Å². The zero-order valence-corrected chi connectivity index (χ0v) is 27.4. The first kappa shape index (κ1) is 33.5.